The molecule has 2 unspecified atom stereocenters. The zero-order chi connectivity index (χ0) is 27.8. The fourth-order valence-electron chi connectivity index (χ4n) is 5.33. The molecule has 2 nitrogen and oxygen atoms in total. The Morgan fingerprint density at radius 1 is 0.342 bits per heavy atom. The van der Waals surface area contributed by atoms with Crippen molar-refractivity contribution >= 4 is 0 Å². The van der Waals surface area contributed by atoms with E-state index in [1.165, 1.54) is 167 Å². The van der Waals surface area contributed by atoms with E-state index < -0.39 is 0 Å². The Balaban J connectivity index is 3.36. The normalized spacial score (nSPS) is 13.7. The Morgan fingerprint density at radius 3 is 0.868 bits per heavy atom. The molecule has 0 radical (unpaired) electrons. The molecule has 0 aromatic heterocycles. The molecule has 0 aromatic rings. The van der Waals surface area contributed by atoms with Crippen LogP contribution in [0.15, 0.2) is 24.3 Å². The summed E-state index contributed by atoms with van der Waals surface area (Å²) in [6.45, 7) is 4.57. The average Bonchev–Trinajstić information content (AvgIpc) is 2.92. The predicted molar refractivity (Wildman–Crippen MR) is 175 cm³/mol. The molecule has 0 rings (SSSR count). The van der Waals surface area contributed by atoms with Gasteiger partial charge in [0, 0.05) is 12.1 Å². The van der Waals surface area contributed by atoms with Crippen LogP contribution in [0.3, 0.4) is 0 Å². The van der Waals surface area contributed by atoms with Crippen LogP contribution in [0, 0.1) is 0 Å². The van der Waals surface area contributed by atoms with E-state index in [1.54, 1.807) is 0 Å². The van der Waals surface area contributed by atoms with Gasteiger partial charge in [-0.3, -0.25) is 0 Å². The maximum Gasteiger partial charge on any atom is 0.0192 e. The van der Waals surface area contributed by atoms with Crippen molar-refractivity contribution in [3.8, 4) is 0 Å². The highest BCUT2D eigenvalue weighted by molar-refractivity contribution is 4.82. The first kappa shape index (κ1) is 37.4. The largest absolute Gasteiger partial charge is 0.326 e. The second kappa shape index (κ2) is 32.6. The van der Waals surface area contributed by atoms with Gasteiger partial charge in [-0.15, -0.1) is 0 Å². The van der Waals surface area contributed by atoms with Gasteiger partial charge in [-0.05, 0) is 64.2 Å². The monoisotopic (exact) mass is 533 g/mol. The van der Waals surface area contributed by atoms with Crippen LogP contribution in [-0.4, -0.2) is 12.1 Å². The first-order valence-electron chi connectivity index (χ1n) is 17.5. The van der Waals surface area contributed by atoms with Crippen LogP contribution >= 0.6 is 0 Å². The molecule has 38 heavy (non-hydrogen) atoms. The van der Waals surface area contributed by atoms with Crippen LogP contribution in [0.1, 0.15) is 194 Å². The van der Waals surface area contributed by atoms with Gasteiger partial charge in [0.05, 0.1) is 0 Å². The third kappa shape index (κ3) is 29.9. The molecule has 2 atom stereocenters. The van der Waals surface area contributed by atoms with E-state index in [4.69, 9.17) is 11.5 Å². The van der Waals surface area contributed by atoms with Gasteiger partial charge < -0.3 is 11.5 Å². The lowest BCUT2D eigenvalue weighted by Crippen LogP contribution is -2.41. The van der Waals surface area contributed by atoms with Gasteiger partial charge in [-0.1, -0.05) is 154 Å². The number of hydrogen-bond acceptors (Lipinski definition) is 2. The quantitative estimate of drug-likeness (QED) is 0.0688. The molecule has 0 spiro atoms. The molecular weight excluding hydrogens is 460 g/mol. The molecule has 0 aromatic carbocycles. The highest BCUT2D eigenvalue weighted by atomic mass is 14.8. The molecule has 0 amide bonds. The van der Waals surface area contributed by atoms with Crippen molar-refractivity contribution in [1.82, 2.24) is 0 Å². The van der Waals surface area contributed by atoms with Crippen LogP contribution in [-0.2, 0) is 0 Å². The minimum absolute atomic E-state index is 0.191. The number of rotatable bonds is 31. The molecule has 0 aliphatic rings. The van der Waals surface area contributed by atoms with Gasteiger partial charge >= 0.3 is 0 Å². The summed E-state index contributed by atoms with van der Waals surface area (Å²) in [7, 11) is 0. The molecule has 0 heterocycles. The highest BCUT2D eigenvalue weighted by Crippen LogP contribution is 2.14. The second-order valence-corrected chi connectivity index (χ2v) is 12.1. The van der Waals surface area contributed by atoms with Crippen molar-refractivity contribution in [2.24, 2.45) is 11.5 Å². The summed E-state index contributed by atoms with van der Waals surface area (Å²) in [5.74, 6) is 0. The first-order chi connectivity index (χ1) is 18.7. The van der Waals surface area contributed by atoms with Crippen molar-refractivity contribution in [3.05, 3.63) is 24.3 Å². The van der Waals surface area contributed by atoms with E-state index in [9.17, 15) is 0 Å². The minimum atomic E-state index is 0.191. The molecule has 0 fully saturated rings. The zero-order valence-electron chi connectivity index (χ0n) is 26.4. The van der Waals surface area contributed by atoms with Gasteiger partial charge in [0.25, 0.3) is 0 Å². The maximum atomic E-state index is 6.39. The molecule has 0 saturated heterocycles. The van der Waals surface area contributed by atoms with E-state index in [0.717, 1.165) is 12.8 Å². The lowest BCUT2D eigenvalue weighted by molar-refractivity contribution is 0.430. The summed E-state index contributed by atoms with van der Waals surface area (Å²) in [5.41, 5.74) is 12.8. The van der Waals surface area contributed by atoms with Crippen molar-refractivity contribution in [2.45, 2.75) is 206 Å². The summed E-state index contributed by atoms with van der Waals surface area (Å²) in [6, 6.07) is 0.383. The van der Waals surface area contributed by atoms with Crippen molar-refractivity contribution in [2.75, 3.05) is 0 Å². The lowest BCUT2D eigenvalue weighted by atomic mass is 9.97. The number of unbranched alkanes of at least 4 members (excludes halogenated alkanes) is 22. The fraction of sp³-hybridized carbons (Fsp3) is 0.889. The Kier molecular flexibility index (Phi) is 32.1. The maximum absolute atomic E-state index is 6.39. The number of allylic oxidation sites excluding steroid dienone is 4. The standard InChI is InChI=1S/C36H72N2/c1-3-5-7-9-11-13-15-17-19-21-23-25-27-29-31-33-35(37)36(38)34-32-30-28-26-24-22-20-18-16-14-12-10-8-6-4-2/h17-20,35-36H,3-16,21-34,37-38H2,1-2H3/b19-17-,20-18?. The van der Waals surface area contributed by atoms with E-state index >= 15 is 0 Å². The van der Waals surface area contributed by atoms with Crippen molar-refractivity contribution in [1.29, 1.82) is 0 Å². The zero-order valence-corrected chi connectivity index (χ0v) is 26.4. The van der Waals surface area contributed by atoms with Gasteiger partial charge in [-0.2, -0.15) is 0 Å². The van der Waals surface area contributed by atoms with Crippen LogP contribution < -0.4 is 11.5 Å². The van der Waals surface area contributed by atoms with Gasteiger partial charge in [0.2, 0.25) is 0 Å². The van der Waals surface area contributed by atoms with Crippen LogP contribution in [0.5, 0.6) is 0 Å². The summed E-state index contributed by atoms with van der Waals surface area (Å²) in [4.78, 5) is 0. The minimum Gasteiger partial charge on any atom is -0.326 e. The van der Waals surface area contributed by atoms with E-state index in [-0.39, 0.29) is 12.1 Å². The fourth-order valence-corrected chi connectivity index (χ4v) is 5.33. The summed E-state index contributed by atoms with van der Waals surface area (Å²) in [6.07, 6.45) is 46.9. The molecular formula is C36H72N2. The molecule has 0 saturated carbocycles. The Bertz CT molecular complexity index is 440. The first-order valence-corrected chi connectivity index (χ1v) is 17.5. The number of nitrogens with two attached hydrogens (primary N) is 2. The average molecular weight is 533 g/mol. The van der Waals surface area contributed by atoms with Gasteiger partial charge in [0.15, 0.2) is 0 Å². The molecule has 4 N–H and O–H groups in total. The summed E-state index contributed by atoms with van der Waals surface area (Å²) in [5, 5.41) is 0. The topological polar surface area (TPSA) is 52.0 Å². The summed E-state index contributed by atoms with van der Waals surface area (Å²) >= 11 is 0. The van der Waals surface area contributed by atoms with E-state index in [0.29, 0.717) is 0 Å². The predicted octanol–water partition coefficient (Wildman–Crippen LogP) is 11.7. The summed E-state index contributed by atoms with van der Waals surface area (Å²) < 4.78 is 0. The number of hydrogen-bond donors (Lipinski definition) is 2. The van der Waals surface area contributed by atoms with E-state index in [2.05, 4.69) is 38.2 Å². The third-order valence-corrected chi connectivity index (χ3v) is 8.15. The van der Waals surface area contributed by atoms with Gasteiger partial charge in [-0.25, -0.2) is 0 Å². The molecule has 0 bridgehead atoms. The van der Waals surface area contributed by atoms with Crippen LogP contribution in [0.4, 0.5) is 0 Å². The van der Waals surface area contributed by atoms with Crippen molar-refractivity contribution < 1.29 is 0 Å². The molecule has 0 aliphatic carbocycles. The molecule has 2 heteroatoms. The Hall–Kier alpha value is -0.600. The smallest absolute Gasteiger partial charge is 0.0192 e. The highest BCUT2D eigenvalue weighted by Gasteiger charge is 2.12. The van der Waals surface area contributed by atoms with Crippen molar-refractivity contribution in [3.63, 3.8) is 0 Å². The SMILES string of the molecule is CCCCCCCCC=CCCCCCCCC(N)C(N)CCCCCCC/C=C\CCCCCCCC. The van der Waals surface area contributed by atoms with Crippen LogP contribution in [0.25, 0.3) is 0 Å². The molecule has 0 aliphatic heterocycles. The third-order valence-electron chi connectivity index (χ3n) is 8.15. The Labute approximate surface area is 241 Å². The van der Waals surface area contributed by atoms with Crippen LogP contribution in [0.2, 0.25) is 0 Å². The van der Waals surface area contributed by atoms with Gasteiger partial charge in [0.1, 0.15) is 0 Å². The molecule has 226 valence electrons. The lowest BCUT2D eigenvalue weighted by Gasteiger charge is -2.19. The van der Waals surface area contributed by atoms with E-state index in [1.807, 2.05) is 0 Å². The second-order valence-electron chi connectivity index (χ2n) is 12.1. The Morgan fingerprint density at radius 2 is 0.579 bits per heavy atom.